The second-order valence-electron chi connectivity index (χ2n) is 7.51. The first-order valence-corrected chi connectivity index (χ1v) is 13.6. The Morgan fingerprint density at radius 2 is 1.94 bits per heavy atom. The molecule has 0 unspecified atom stereocenters. The van der Waals surface area contributed by atoms with Gasteiger partial charge in [-0.25, -0.2) is 4.98 Å². The number of nitrogens with zero attached hydrogens (tertiary/aromatic N) is 4. The summed E-state index contributed by atoms with van der Waals surface area (Å²) in [4.78, 5) is 17.9. The lowest BCUT2D eigenvalue weighted by Crippen LogP contribution is -2.14. The molecule has 0 aliphatic carbocycles. The second kappa shape index (κ2) is 12.4. The van der Waals surface area contributed by atoms with E-state index in [1.165, 1.54) is 23.1 Å². The van der Waals surface area contributed by atoms with Gasteiger partial charge in [0, 0.05) is 39.6 Å². The van der Waals surface area contributed by atoms with Crippen molar-refractivity contribution in [3.8, 4) is 17.1 Å². The molecule has 0 aliphatic rings. The van der Waals surface area contributed by atoms with Gasteiger partial charge in [0.1, 0.15) is 5.75 Å². The standard InChI is InChI=1S/C25H23Cl2N5O2S2/c1-3-12-32-23(16-8-10-17(11-9-16)34-4-2)30-31-25(32)35-15-22(33)29-24-28-14-18(36-24)13-19-20(26)6-5-7-21(19)27/h3,5-11,14H,1,4,12-13,15H2,2H3,(H,28,29,33). The number of thioether (sulfide) groups is 1. The highest BCUT2D eigenvalue weighted by Crippen LogP contribution is 2.30. The zero-order chi connectivity index (χ0) is 25.5. The van der Waals surface area contributed by atoms with Crippen LogP contribution in [-0.4, -0.2) is 38.0 Å². The minimum absolute atomic E-state index is 0.157. The number of thiazole rings is 1. The molecular weight excluding hydrogens is 537 g/mol. The lowest BCUT2D eigenvalue weighted by atomic mass is 10.1. The van der Waals surface area contributed by atoms with Crippen molar-refractivity contribution >= 4 is 57.3 Å². The molecule has 2 aromatic carbocycles. The van der Waals surface area contributed by atoms with Crippen molar-refractivity contribution in [1.82, 2.24) is 19.7 Å². The Hall–Kier alpha value is -2.85. The van der Waals surface area contributed by atoms with Crippen molar-refractivity contribution in [2.24, 2.45) is 0 Å². The topological polar surface area (TPSA) is 81.9 Å². The molecule has 4 rings (SSSR count). The molecule has 0 bridgehead atoms. The number of anilines is 1. The van der Waals surface area contributed by atoms with Gasteiger partial charge in [-0.2, -0.15) is 0 Å². The average molecular weight is 561 g/mol. The lowest BCUT2D eigenvalue weighted by molar-refractivity contribution is -0.113. The van der Waals surface area contributed by atoms with E-state index in [9.17, 15) is 4.79 Å². The molecule has 1 N–H and O–H groups in total. The predicted octanol–water partition coefficient (Wildman–Crippen LogP) is 6.61. The Labute approximate surface area is 227 Å². The van der Waals surface area contributed by atoms with Crippen LogP contribution in [0.5, 0.6) is 5.75 Å². The van der Waals surface area contributed by atoms with Gasteiger partial charge < -0.3 is 10.1 Å². The fourth-order valence-electron chi connectivity index (χ4n) is 3.38. The van der Waals surface area contributed by atoms with Gasteiger partial charge in [0.05, 0.1) is 12.4 Å². The number of benzene rings is 2. The van der Waals surface area contributed by atoms with Gasteiger partial charge >= 0.3 is 0 Å². The number of hydrogen-bond donors (Lipinski definition) is 1. The van der Waals surface area contributed by atoms with Crippen LogP contribution < -0.4 is 10.1 Å². The fourth-order valence-corrected chi connectivity index (χ4v) is 5.50. The largest absolute Gasteiger partial charge is 0.494 e. The molecule has 1 amide bonds. The maximum atomic E-state index is 12.6. The molecule has 0 saturated heterocycles. The van der Waals surface area contributed by atoms with Crippen LogP contribution in [-0.2, 0) is 17.8 Å². The summed E-state index contributed by atoms with van der Waals surface area (Å²) in [6.07, 6.45) is 4.03. The van der Waals surface area contributed by atoms with Gasteiger partial charge in [-0.15, -0.1) is 28.1 Å². The van der Waals surface area contributed by atoms with E-state index in [1.54, 1.807) is 30.5 Å². The number of carbonyl (C=O) groups is 1. The van der Waals surface area contributed by atoms with Crippen LogP contribution in [0.4, 0.5) is 5.13 Å². The highest BCUT2D eigenvalue weighted by molar-refractivity contribution is 7.99. The van der Waals surface area contributed by atoms with Crippen LogP contribution in [0.15, 0.2) is 66.5 Å². The van der Waals surface area contributed by atoms with E-state index >= 15 is 0 Å². The summed E-state index contributed by atoms with van der Waals surface area (Å²) in [6, 6.07) is 13.1. The van der Waals surface area contributed by atoms with Crippen molar-refractivity contribution < 1.29 is 9.53 Å². The first kappa shape index (κ1) is 26.2. The summed E-state index contributed by atoms with van der Waals surface area (Å²) in [7, 11) is 0. The summed E-state index contributed by atoms with van der Waals surface area (Å²) in [5.74, 6) is 1.46. The molecule has 11 heteroatoms. The molecule has 0 atom stereocenters. The van der Waals surface area contributed by atoms with Crippen LogP contribution in [0.2, 0.25) is 10.0 Å². The van der Waals surface area contributed by atoms with Crippen LogP contribution in [0, 0.1) is 0 Å². The van der Waals surface area contributed by atoms with E-state index < -0.39 is 0 Å². The fraction of sp³-hybridized carbons (Fsp3) is 0.200. The molecule has 0 fully saturated rings. The van der Waals surface area contributed by atoms with Crippen molar-refractivity contribution in [3.63, 3.8) is 0 Å². The smallest absolute Gasteiger partial charge is 0.236 e. The minimum atomic E-state index is -0.188. The Kier molecular flexibility index (Phi) is 9.03. The van der Waals surface area contributed by atoms with E-state index in [4.69, 9.17) is 27.9 Å². The van der Waals surface area contributed by atoms with E-state index in [1.807, 2.05) is 35.8 Å². The predicted molar refractivity (Wildman–Crippen MR) is 148 cm³/mol. The number of carbonyl (C=O) groups excluding carboxylic acids is 1. The van der Waals surface area contributed by atoms with Gasteiger partial charge in [0.25, 0.3) is 0 Å². The van der Waals surface area contributed by atoms with E-state index in [0.717, 1.165) is 21.8 Å². The zero-order valence-corrected chi connectivity index (χ0v) is 22.6. The third kappa shape index (κ3) is 6.47. The molecular formula is C25H23Cl2N5O2S2. The first-order chi connectivity index (χ1) is 17.5. The monoisotopic (exact) mass is 559 g/mol. The second-order valence-corrected chi connectivity index (χ2v) is 10.4. The normalized spacial score (nSPS) is 10.9. The Morgan fingerprint density at radius 3 is 2.64 bits per heavy atom. The molecule has 186 valence electrons. The molecule has 0 aliphatic heterocycles. The minimum Gasteiger partial charge on any atom is -0.494 e. The van der Waals surface area contributed by atoms with Crippen molar-refractivity contribution in [3.05, 3.63) is 81.8 Å². The van der Waals surface area contributed by atoms with E-state index in [0.29, 0.717) is 45.7 Å². The van der Waals surface area contributed by atoms with E-state index in [-0.39, 0.29) is 11.7 Å². The molecule has 4 aromatic rings. The first-order valence-electron chi connectivity index (χ1n) is 11.1. The molecule has 2 aromatic heterocycles. The molecule has 0 saturated carbocycles. The summed E-state index contributed by atoms with van der Waals surface area (Å²) >= 11 is 15.2. The third-order valence-corrected chi connectivity index (χ3v) is 7.58. The molecule has 7 nitrogen and oxygen atoms in total. The zero-order valence-electron chi connectivity index (χ0n) is 19.4. The van der Waals surface area contributed by atoms with Crippen LogP contribution in [0.1, 0.15) is 17.4 Å². The summed E-state index contributed by atoms with van der Waals surface area (Å²) < 4.78 is 7.44. The Balaban J connectivity index is 1.38. The number of nitrogens with one attached hydrogen (secondary N) is 1. The third-order valence-electron chi connectivity index (χ3n) is 5.00. The highest BCUT2D eigenvalue weighted by atomic mass is 35.5. The SMILES string of the molecule is C=CCn1c(SCC(=O)Nc2ncc(Cc3c(Cl)cccc3Cl)s2)nnc1-c1ccc(OCC)cc1. The number of rotatable bonds is 11. The Bertz CT molecular complexity index is 1330. The lowest BCUT2D eigenvalue weighted by Gasteiger charge is -2.08. The average Bonchev–Trinajstić information content (AvgIpc) is 3.48. The summed E-state index contributed by atoms with van der Waals surface area (Å²) in [6.45, 7) is 6.90. The van der Waals surface area contributed by atoms with Crippen molar-refractivity contribution in [2.75, 3.05) is 17.7 Å². The number of hydrogen-bond acceptors (Lipinski definition) is 7. The Morgan fingerprint density at radius 1 is 1.19 bits per heavy atom. The molecule has 0 spiro atoms. The van der Waals surface area contributed by atoms with Gasteiger partial charge in [0.2, 0.25) is 5.91 Å². The van der Waals surface area contributed by atoms with Crippen LogP contribution in [0.3, 0.4) is 0 Å². The van der Waals surface area contributed by atoms with Gasteiger partial charge in [-0.05, 0) is 48.9 Å². The van der Waals surface area contributed by atoms with Gasteiger partial charge in [-0.1, -0.05) is 47.1 Å². The summed E-state index contributed by atoms with van der Waals surface area (Å²) in [5, 5.41) is 13.8. The molecule has 2 heterocycles. The van der Waals surface area contributed by atoms with Crippen molar-refractivity contribution in [1.29, 1.82) is 0 Å². The maximum absolute atomic E-state index is 12.6. The highest BCUT2D eigenvalue weighted by Gasteiger charge is 2.16. The number of allylic oxidation sites excluding steroid dienone is 1. The molecule has 36 heavy (non-hydrogen) atoms. The van der Waals surface area contributed by atoms with E-state index in [2.05, 4.69) is 27.1 Å². The number of aromatic nitrogens is 4. The van der Waals surface area contributed by atoms with Crippen LogP contribution >= 0.6 is 46.3 Å². The maximum Gasteiger partial charge on any atom is 0.236 e. The van der Waals surface area contributed by atoms with Crippen molar-refractivity contribution in [2.45, 2.75) is 25.0 Å². The number of amides is 1. The molecule has 0 radical (unpaired) electrons. The van der Waals surface area contributed by atoms with Gasteiger partial charge in [-0.3, -0.25) is 9.36 Å². The number of ether oxygens (including phenoxy) is 1. The van der Waals surface area contributed by atoms with Crippen LogP contribution in [0.25, 0.3) is 11.4 Å². The summed E-state index contributed by atoms with van der Waals surface area (Å²) in [5.41, 5.74) is 1.74. The van der Waals surface area contributed by atoms with Gasteiger partial charge in [0.15, 0.2) is 16.1 Å². The quantitative estimate of drug-likeness (QED) is 0.164. The number of halogens is 2.